The monoisotopic (exact) mass is 451 g/mol. The third-order valence-electron chi connectivity index (χ3n) is 5.29. The first-order chi connectivity index (χ1) is 16.0. The molecule has 0 bridgehead atoms. The number of carbonyl (C=O) groups excluding carboxylic acids is 3. The predicted molar refractivity (Wildman–Crippen MR) is 127 cm³/mol. The van der Waals surface area contributed by atoms with Gasteiger partial charge in [-0.3, -0.25) is 14.9 Å². The van der Waals surface area contributed by atoms with Gasteiger partial charge < -0.3 is 19.7 Å². The number of likely N-dealkylation sites (tertiary alicyclic amines) is 1. The minimum Gasteiger partial charge on any atom is -0.447 e. The van der Waals surface area contributed by atoms with Gasteiger partial charge in [-0.15, -0.1) is 0 Å². The molecule has 1 aliphatic rings. The molecule has 8 nitrogen and oxygen atoms in total. The van der Waals surface area contributed by atoms with Crippen LogP contribution in [0, 0.1) is 5.92 Å². The van der Waals surface area contributed by atoms with Crippen LogP contribution in [0.25, 0.3) is 6.08 Å². The molecule has 2 aromatic rings. The Morgan fingerprint density at radius 3 is 2.36 bits per heavy atom. The molecular formula is C25H29N3O5. The second-order valence-corrected chi connectivity index (χ2v) is 7.67. The smallest absolute Gasteiger partial charge is 0.411 e. The minimum atomic E-state index is -0.589. The summed E-state index contributed by atoms with van der Waals surface area (Å²) in [7, 11) is 1.53. The van der Waals surface area contributed by atoms with Crippen LogP contribution in [0.3, 0.4) is 0 Å². The molecule has 0 spiro atoms. The van der Waals surface area contributed by atoms with E-state index in [9.17, 15) is 14.4 Å². The van der Waals surface area contributed by atoms with E-state index in [0.717, 1.165) is 5.56 Å². The fraction of sp³-hybridized carbons (Fsp3) is 0.320. The van der Waals surface area contributed by atoms with Crippen molar-refractivity contribution in [3.63, 3.8) is 0 Å². The van der Waals surface area contributed by atoms with E-state index in [1.54, 1.807) is 41.3 Å². The highest BCUT2D eigenvalue weighted by molar-refractivity contribution is 5.95. The van der Waals surface area contributed by atoms with Crippen LogP contribution < -0.4 is 10.6 Å². The second-order valence-electron chi connectivity index (χ2n) is 7.67. The Bertz CT molecular complexity index is 969. The summed E-state index contributed by atoms with van der Waals surface area (Å²) in [4.78, 5) is 38.7. The first-order valence-corrected chi connectivity index (χ1v) is 10.9. The lowest BCUT2D eigenvalue weighted by Gasteiger charge is -2.30. The standard InChI is InChI=1S/C25H29N3O5/c1-32-16-17-33-25(31)27-22-9-5-8-21(18-22)26-24(30)20-12-14-28(15-13-20)23(29)11-10-19-6-3-2-4-7-19/h2-11,18,20H,12-17H2,1H3,(H,26,30)(H,27,31)/b11-10+. The molecule has 0 saturated carbocycles. The van der Waals surface area contributed by atoms with Gasteiger partial charge in [0.05, 0.1) is 6.61 Å². The molecule has 1 heterocycles. The van der Waals surface area contributed by atoms with E-state index in [1.807, 2.05) is 30.3 Å². The van der Waals surface area contributed by atoms with Crippen molar-refractivity contribution in [2.45, 2.75) is 12.8 Å². The Kier molecular flexibility index (Phi) is 9.02. The maximum Gasteiger partial charge on any atom is 0.411 e. The summed E-state index contributed by atoms with van der Waals surface area (Å²) in [5.41, 5.74) is 2.07. The van der Waals surface area contributed by atoms with Crippen molar-refractivity contribution in [3.05, 3.63) is 66.2 Å². The molecule has 33 heavy (non-hydrogen) atoms. The topological polar surface area (TPSA) is 97.0 Å². The lowest BCUT2D eigenvalue weighted by molar-refractivity contribution is -0.130. The van der Waals surface area contributed by atoms with Crippen molar-refractivity contribution in [1.82, 2.24) is 4.90 Å². The molecular weight excluding hydrogens is 422 g/mol. The van der Waals surface area contributed by atoms with E-state index < -0.39 is 6.09 Å². The lowest BCUT2D eigenvalue weighted by atomic mass is 9.95. The van der Waals surface area contributed by atoms with Gasteiger partial charge in [0.2, 0.25) is 11.8 Å². The third kappa shape index (κ3) is 7.76. The maximum absolute atomic E-state index is 12.7. The molecule has 0 atom stereocenters. The average molecular weight is 452 g/mol. The summed E-state index contributed by atoms with van der Waals surface area (Å²) in [5.74, 6) is -0.321. The summed E-state index contributed by atoms with van der Waals surface area (Å²) < 4.78 is 9.81. The summed E-state index contributed by atoms with van der Waals surface area (Å²) >= 11 is 0. The van der Waals surface area contributed by atoms with E-state index in [0.29, 0.717) is 43.9 Å². The van der Waals surface area contributed by atoms with Gasteiger partial charge in [-0.1, -0.05) is 36.4 Å². The van der Waals surface area contributed by atoms with E-state index in [1.165, 1.54) is 7.11 Å². The fourth-order valence-corrected chi connectivity index (χ4v) is 3.49. The number of rotatable bonds is 8. The third-order valence-corrected chi connectivity index (χ3v) is 5.29. The van der Waals surface area contributed by atoms with Crippen LogP contribution in [0.5, 0.6) is 0 Å². The largest absolute Gasteiger partial charge is 0.447 e. The van der Waals surface area contributed by atoms with Crippen molar-refractivity contribution in [1.29, 1.82) is 0 Å². The zero-order valence-corrected chi connectivity index (χ0v) is 18.7. The summed E-state index contributed by atoms with van der Waals surface area (Å²) in [5, 5.41) is 5.52. The highest BCUT2D eigenvalue weighted by Crippen LogP contribution is 2.21. The minimum absolute atomic E-state index is 0.0473. The number of methoxy groups -OCH3 is 1. The number of anilines is 2. The number of nitrogens with zero attached hydrogens (tertiary/aromatic N) is 1. The van der Waals surface area contributed by atoms with Crippen LogP contribution >= 0.6 is 0 Å². The van der Waals surface area contributed by atoms with Crippen LogP contribution in [0.2, 0.25) is 0 Å². The molecule has 0 unspecified atom stereocenters. The number of benzene rings is 2. The van der Waals surface area contributed by atoms with Crippen molar-refractivity contribution in [2.24, 2.45) is 5.92 Å². The van der Waals surface area contributed by atoms with Crippen molar-refractivity contribution in [2.75, 3.05) is 44.0 Å². The quantitative estimate of drug-likeness (QED) is 0.470. The van der Waals surface area contributed by atoms with Gasteiger partial charge in [0, 0.05) is 43.6 Å². The second kappa shape index (κ2) is 12.4. The van der Waals surface area contributed by atoms with Gasteiger partial charge >= 0.3 is 6.09 Å². The van der Waals surface area contributed by atoms with Crippen LogP contribution in [0.4, 0.5) is 16.2 Å². The van der Waals surface area contributed by atoms with Crippen molar-refractivity contribution in [3.8, 4) is 0 Å². The molecule has 3 rings (SSSR count). The van der Waals surface area contributed by atoms with Gasteiger partial charge in [-0.25, -0.2) is 4.79 Å². The first kappa shape index (κ1) is 24.0. The Hall–Kier alpha value is -3.65. The fourth-order valence-electron chi connectivity index (χ4n) is 3.49. The Balaban J connectivity index is 1.45. The van der Waals surface area contributed by atoms with Crippen molar-refractivity contribution < 1.29 is 23.9 Å². The Morgan fingerprint density at radius 2 is 1.67 bits per heavy atom. The van der Waals surface area contributed by atoms with Gasteiger partial charge in [-0.05, 0) is 42.7 Å². The zero-order valence-electron chi connectivity index (χ0n) is 18.7. The van der Waals surface area contributed by atoms with Gasteiger partial charge in [-0.2, -0.15) is 0 Å². The molecule has 0 radical (unpaired) electrons. The molecule has 174 valence electrons. The Morgan fingerprint density at radius 1 is 0.970 bits per heavy atom. The summed E-state index contributed by atoms with van der Waals surface area (Å²) in [6.45, 7) is 1.54. The van der Waals surface area contributed by atoms with Gasteiger partial charge in [0.15, 0.2) is 0 Å². The highest BCUT2D eigenvalue weighted by atomic mass is 16.6. The number of hydrogen-bond donors (Lipinski definition) is 2. The molecule has 1 fully saturated rings. The molecule has 8 heteroatoms. The number of piperidine rings is 1. The summed E-state index contributed by atoms with van der Waals surface area (Å²) in [6.07, 6.45) is 3.99. The zero-order chi connectivity index (χ0) is 23.5. The molecule has 1 aliphatic heterocycles. The molecule has 0 aliphatic carbocycles. The molecule has 1 saturated heterocycles. The number of amides is 3. The van der Waals surface area contributed by atoms with Crippen molar-refractivity contribution >= 4 is 35.4 Å². The molecule has 2 aromatic carbocycles. The normalized spacial score (nSPS) is 14.2. The number of ether oxygens (including phenoxy) is 2. The van der Waals surface area contributed by atoms with E-state index >= 15 is 0 Å². The number of hydrogen-bond acceptors (Lipinski definition) is 5. The SMILES string of the molecule is COCCOC(=O)Nc1cccc(NC(=O)C2CCN(C(=O)/C=C/c3ccccc3)CC2)c1. The molecule has 0 aromatic heterocycles. The van der Waals surface area contributed by atoms with E-state index in [2.05, 4.69) is 10.6 Å². The van der Waals surface area contributed by atoms with Gasteiger partial charge in [0.25, 0.3) is 0 Å². The van der Waals surface area contributed by atoms with E-state index in [-0.39, 0.29) is 24.3 Å². The first-order valence-electron chi connectivity index (χ1n) is 10.9. The number of nitrogens with one attached hydrogen (secondary N) is 2. The molecule has 2 N–H and O–H groups in total. The molecule has 3 amide bonds. The maximum atomic E-state index is 12.7. The summed E-state index contributed by atoms with van der Waals surface area (Å²) in [6, 6.07) is 16.5. The van der Waals surface area contributed by atoms with Gasteiger partial charge in [0.1, 0.15) is 6.61 Å². The highest BCUT2D eigenvalue weighted by Gasteiger charge is 2.26. The van der Waals surface area contributed by atoms with Crippen LogP contribution in [0.15, 0.2) is 60.7 Å². The van der Waals surface area contributed by atoms with Crippen LogP contribution in [-0.4, -0.2) is 56.2 Å². The number of carbonyl (C=O) groups is 3. The Labute approximate surface area is 193 Å². The van der Waals surface area contributed by atoms with Crippen LogP contribution in [0.1, 0.15) is 18.4 Å². The van der Waals surface area contributed by atoms with Crippen LogP contribution in [-0.2, 0) is 19.1 Å². The predicted octanol–water partition coefficient (Wildman–Crippen LogP) is 3.77. The van der Waals surface area contributed by atoms with E-state index in [4.69, 9.17) is 9.47 Å². The average Bonchev–Trinajstić information content (AvgIpc) is 2.83. The lowest BCUT2D eigenvalue weighted by Crippen LogP contribution is -2.40.